The Labute approximate surface area is 178 Å². The summed E-state index contributed by atoms with van der Waals surface area (Å²) in [4.78, 5) is 12.6. The van der Waals surface area contributed by atoms with Crippen LogP contribution in [0.15, 0.2) is 59.5 Å². The molecule has 1 aromatic heterocycles. The van der Waals surface area contributed by atoms with Gasteiger partial charge in [0.1, 0.15) is 5.01 Å². The lowest BCUT2D eigenvalue weighted by Gasteiger charge is -2.19. The van der Waals surface area contributed by atoms with Crippen LogP contribution in [0.3, 0.4) is 0 Å². The Morgan fingerprint density at radius 3 is 2.41 bits per heavy atom. The van der Waals surface area contributed by atoms with Crippen molar-refractivity contribution in [3.8, 4) is 0 Å². The van der Waals surface area contributed by atoms with Crippen molar-refractivity contribution in [3.63, 3.8) is 0 Å². The van der Waals surface area contributed by atoms with Gasteiger partial charge in [-0.2, -0.15) is 0 Å². The van der Waals surface area contributed by atoms with E-state index in [0.717, 1.165) is 11.4 Å². The third-order valence-corrected chi connectivity index (χ3v) is 6.75. The summed E-state index contributed by atoms with van der Waals surface area (Å²) in [6.45, 7) is 1.95. The Bertz CT molecular complexity index is 1070. The molecule has 10 heteroatoms. The summed E-state index contributed by atoms with van der Waals surface area (Å²) in [7, 11) is -3.86. The number of hydrogen-bond acceptors (Lipinski definition) is 6. The van der Waals surface area contributed by atoms with Crippen LogP contribution >= 0.6 is 22.9 Å². The highest BCUT2D eigenvalue weighted by Crippen LogP contribution is 2.23. The Morgan fingerprint density at radius 1 is 1.10 bits per heavy atom. The molecule has 29 heavy (non-hydrogen) atoms. The molecule has 3 rings (SSSR count). The molecule has 0 aliphatic heterocycles. The van der Waals surface area contributed by atoms with Gasteiger partial charge in [0.25, 0.3) is 0 Å². The minimum Gasteiger partial charge on any atom is -0.300 e. The Balaban J connectivity index is 1.79. The summed E-state index contributed by atoms with van der Waals surface area (Å²) >= 11 is 7.13. The molecule has 1 amide bonds. The van der Waals surface area contributed by atoms with Gasteiger partial charge in [0, 0.05) is 11.4 Å². The van der Waals surface area contributed by atoms with E-state index in [1.165, 1.54) is 35.6 Å². The van der Waals surface area contributed by atoms with E-state index in [1.54, 1.807) is 24.3 Å². The minimum atomic E-state index is -3.86. The molecular formula is C19H19ClN4O3S2. The fourth-order valence-electron chi connectivity index (χ4n) is 2.58. The molecule has 0 bridgehead atoms. The van der Waals surface area contributed by atoms with Gasteiger partial charge in [0.05, 0.1) is 10.9 Å². The number of nitrogens with one attached hydrogen (secondary N) is 2. The van der Waals surface area contributed by atoms with Crippen molar-refractivity contribution >= 4 is 44.0 Å². The van der Waals surface area contributed by atoms with E-state index in [4.69, 9.17) is 11.6 Å². The van der Waals surface area contributed by atoms with Crippen LogP contribution in [-0.4, -0.2) is 24.5 Å². The number of aromatic nitrogens is 2. The fourth-order valence-corrected chi connectivity index (χ4v) is 4.63. The molecule has 0 spiro atoms. The number of halogens is 1. The second kappa shape index (κ2) is 9.45. The predicted octanol–water partition coefficient (Wildman–Crippen LogP) is 3.80. The van der Waals surface area contributed by atoms with E-state index in [0.29, 0.717) is 15.7 Å². The van der Waals surface area contributed by atoms with Crippen LogP contribution in [0.1, 0.15) is 30.0 Å². The number of rotatable bonds is 8. The summed E-state index contributed by atoms with van der Waals surface area (Å²) in [6, 6.07) is 14.0. The van der Waals surface area contributed by atoms with E-state index in [2.05, 4.69) is 20.2 Å². The van der Waals surface area contributed by atoms with E-state index >= 15 is 0 Å². The van der Waals surface area contributed by atoms with Crippen molar-refractivity contribution in [1.29, 1.82) is 0 Å². The standard InChI is InChI=1S/C19H19ClN4O3S2/c1-2-18-22-23-19(28-18)21-17(25)12-16(13-6-4-3-5-7-13)24-29(26,27)15-10-8-14(20)9-11-15/h3-11,16,24H,2,12H2,1H3,(H,21,23,25). The van der Waals surface area contributed by atoms with Crippen molar-refractivity contribution in [2.24, 2.45) is 0 Å². The highest BCUT2D eigenvalue weighted by molar-refractivity contribution is 7.89. The number of anilines is 1. The number of nitrogens with zero attached hydrogens (tertiary/aromatic N) is 2. The zero-order chi connectivity index (χ0) is 20.9. The van der Waals surface area contributed by atoms with Gasteiger partial charge in [-0.15, -0.1) is 10.2 Å². The molecule has 2 N–H and O–H groups in total. The number of amides is 1. The third-order valence-electron chi connectivity index (χ3n) is 4.03. The SMILES string of the molecule is CCc1nnc(NC(=O)CC(NS(=O)(=O)c2ccc(Cl)cc2)c2ccccc2)s1. The molecule has 1 heterocycles. The smallest absolute Gasteiger partial charge is 0.241 e. The second-order valence-electron chi connectivity index (χ2n) is 6.15. The molecule has 3 aromatic rings. The van der Waals surface area contributed by atoms with E-state index in [1.807, 2.05) is 13.0 Å². The molecule has 0 radical (unpaired) electrons. The number of aryl methyl sites for hydroxylation is 1. The lowest BCUT2D eigenvalue weighted by Crippen LogP contribution is -2.31. The maximum absolute atomic E-state index is 12.8. The van der Waals surface area contributed by atoms with Crippen LogP contribution in [0.5, 0.6) is 0 Å². The number of carbonyl (C=O) groups is 1. The van der Waals surface area contributed by atoms with Crippen LogP contribution in [0.25, 0.3) is 0 Å². The number of carbonyl (C=O) groups excluding carboxylic acids is 1. The molecule has 0 aliphatic rings. The highest BCUT2D eigenvalue weighted by atomic mass is 35.5. The quantitative estimate of drug-likeness (QED) is 0.543. The largest absolute Gasteiger partial charge is 0.300 e. The molecular weight excluding hydrogens is 432 g/mol. The van der Waals surface area contributed by atoms with E-state index < -0.39 is 16.1 Å². The van der Waals surface area contributed by atoms with Crippen molar-refractivity contribution in [1.82, 2.24) is 14.9 Å². The first kappa shape index (κ1) is 21.4. The van der Waals surface area contributed by atoms with E-state index in [9.17, 15) is 13.2 Å². The van der Waals surface area contributed by atoms with Gasteiger partial charge >= 0.3 is 0 Å². The average Bonchev–Trinajstić information content (AvgIpc) is 3.16. The average molecular weight is 451 g/mol. The zero-order valence-corrected chi connectivity index (χ0v) is 17.9. The van der Waals surface area contributed by atoms with Gasteiger partial charge in [-0.25, -0.2) is 13.1 Å². The third kappa shape index (κ3) is 5.83. The lowest BCUT2D eigenvalue weighted by atomic mass is 10.0. The monoisotopic (exact) mass is 450 g/mol. The Hall–Kier alpha value is -2.33. The molecule has 0 saturated carbocycles. The summed E-state index contributed by atoms with van der Waals surface area (Å²) < 4.78 is 28.2. The van der Waals surface area contributed by atoms with Gasteiger partial charge < -0.3 is 5.32 Å². The van der Waals surface area contributed by atoms with Gasteiger partial charge in [-0.1, -0.05) is 60.2 Å². The molecule has 1 atom stereocenters. The number of hydrogen-bond donors (Lipinski definition) is 2. The molecule has 1 unspecified atom stereocenters. The van der Waals surface area contributed by atoms with Crippen molar-refractivity contribution < 1.29 is 13.2 Å². The minimum absolute atomic E-state index is 0.0694. The molecule has 0 aliphatic carbocycles. The van der Waals surface area contributed by atoms with Crippen LogP contribution in [0.4, 0.5) is 5.13 Å². The van der Waals surface area contributed by atoms with Gasteiger partial charge in [-0.05, 0) is 36.2 Å². The predicted molar refractivity (Wildman–Crippen MR) is 113 cm³/mol. The second-order valence-corrected chi connectivity index (χ2v) is 9.36. The van der Waals surface area contributed by atoms with Crippen molar-refractivity contribution in [2.45, 2.75) is 30.7 Å². The molecule has 2 aromatic carbocycles. The first-order valence-corrected chi connectivity index (χ1v) is 11.5. The summed E-state index contributed by atoms with van der Waals surface area (Å²) in [5.41, 5.74) is 0.673. The zero-order valence-electron chi connectivity index (χ0n) is 15.5. The van der Waals surface area contributed by atoms with E-state index in [-0.39, 0.29) is 17.2 Å². The number of benzene rings is 2. The van der Waals surface area contributed by atoms with Crippen molar-refractivity contribution in [3.05, 3.63) is 70.2 Å². The normalized spacial score (nSPS) is 12.5. The Kier molecular flexibility index (Phi) is 6.96. The molecule has 7 nitrogen and oxygen atoms in total. The first-order valence-electron chi connectivity index (χ1n) is 8.82. The summed E-state index contributed by atoms with van der Waals surface area (Å²) in [6.07, 6.45) is 0.624. The van der Waals surface area contributed by atoms with Gasteiger partial charge in [-0.3, -0.25) is 4.79 Å². The van der Waals surface area contributed by atoms with Crippen LogP contribution in [0, 0.1) is 0 Å². The lowest BCUT2D eigenvalue weighted by molar-refractivity contribution is -0.116. The van der Waals surface area contributed by atoms with Crippen LogP contribution in [-0.2, 0) is 21.2 Å². The first-order chi connectivity index (χ1) is 13.9. The molecule has 0 fully saturated rings. The molecule has 0 saturated heterocycles. The maximum atomic E-state index is 12.8. The summed E-state index contributed by atoms with van der Waals surface area (Å²) in [5.74, 6) is -0.364. The van der Waals surface area contributed by atoms with Gasteiger partial charge in [0.15, 0.2) is 0 Å². The fraction of sp³-hybridized carbons (Fsp3) is 0.211. The van der Waals surface area contributed by atoms with Crippen molar-refractivity contribution in [2.75, 3.05) is 5.32 Å². The van der Waals surface area contributed by atoms with Crippen LogP contribution < -0.4 is 10.0 Å². The molecule has 152 valence electrons. The van der Waals surface area contributed by atoms with Crippen LogP contribution in [0.2, 0.25) is 5.02 Å². The highest BCUT2D eigenvalue weighted by Gasteiger charge is 2.24. The maximum Gasteiger partial charge on any atom is 0.241 e. The summed E-state index contributed by atoms with van der Waals surface area (Å²) in [5, 5.41) is 12.2. The van der Waals surface area contributed by atoms with Gasteiger partial charge in [0.2, 0.25) is 21.1 Å². The Morgan fingerprint density at radius 2 is 1.79 bits per heavy atom. The topological polar surface area (TPSA) is 101 Å². The number of sulfonamides is 1.